The molecule has 12 nitrogen and oxygen atoms in total. The molecule has 0 unspecified atom stereocenters. The minimum absolute atomic E-state index is 0.157. The van der Waals surface area contributed by atoms with Gasteiger partial charge in [0.2, 0.25) is 21.8 Å². The second-order valence-corrected chi connectivity index (χ2v) is 15.1. The number of aryl methyl sites for hydroxylation is 1. The lowest BCUT2D eigenvalue weighted by atomic mass is 10.0. The Kier molecular flexibility index (Phi) is 8.16. The van der Waals surface area contributed by atoms with Crippen molar-refractivity contribution in [2.75, 3.05) is 31.4 Å². The van der Waals surface area contributed by atoms with E-state index in [0.717, 1.165) is 34.8 Å². The summed E-state index contributed by atoms with van der Waals surface area (Å²) in [6.45, 7) is 2.72. The van der Waals surface area contributed by atoms with Gasteiger partial charge in [0, 0.05) is 31.8 Å². The second kappa shape index (κ2) is 11.1. The molecular weight excluding hydrogens is 593 g/mol. The van der Waals surface area contributed by atoms with E-state index >= 15 is 0 Å². The molecule has 0 saturated heterocycles. The Morgan fingerprint density at radius 2 is 1.20 bits per heavy atom. The van der Waals surface area contributed by atoms with Crippen molar-refractivity contribution in [3.63, 3.8) is 0 Å². The predicted octanol–water partition coefficient (Wildman–Crippen LogP) is 2.90. The van der Waals surface area contributed by atoms with E-state index in [-0.39, 0.29) is 43.2 Å². The van der Waals surface area contributed by atoms with Crippen molar-refractivity contribution < 1.29 is 34.8 Å². The molecule has 0 bridgehead atoms. The molecule has 4 rings (SSSR count). The molecule has 3 aromatic rings. The largest absolute Gasteiger partial charge is 0.326 e. The van der Waals surface area contributed by atoms with Gasteiger partial charge in [0.25, 0.3) is 20.0 Å². The van der Waals surface area contributed by atoms with Crippen molar-refractivity contribution in [1.29, 1.82) is 0 Å². The number of sulfonamides is 3. The highest BCUT2D eigenvalue weighted by molar-refractivity contribution is 8.10. The third-order valence-electron chi connectivity index (χ3n) is 6.14. The van der Waals surface area contributed by atoms with Crippen LogP contribution in [-0.2, 0) is 46.1 Å². The van der Waals surface area contributed by atoms with Crippen LogP contribution in [0.25, 0.3) is 0 Å². The van der Waals surface area contributed by atoms with E-state index in [9.17, 15) is 34.8 Å². The quantitative estimate of drug-likeness (QED) is 0.388. The maximum absolute atomic E-state index is 14.0. The summed E-state index contributed by atoms with van der Waals surface area (Å²) in [7, 11) is -13.4. The molecule has 3 aromatic carbocycles. The average molecular weight is 621 g/mol. The summed E-state index contributed by atoms with van der Waals surface area (Å²) >= 11 is 0. The Hall–Kier alpha value is -3.95. The molecule has 0 radical (unpaired) electrons. The van der Waals surface area contributed by atoms with E-state index < -0.39 is 30.1 Å². The monoisotopic (exact) mass is 620 g/mol. The van der Waals surface area contributed by atoms with Gasteiger partial charge >= 0.3 is 0 Å². The Balaban J connectivity index is 1.90. The van der Waals surface area contributed by atoms with Crippen LogP contribution in [0.4, 0.5) is 22.7 Å². The fourth-order valence-corrected chi connectivity index (χ4v) is 9.08. The van der Waals surface area contributed by atoms with E-state index in [1.165, 1.54) is 56.3 Å². The first-order valence-corrected chi connectivity index (χ1v) is 17.0. The summed E-state index contributed by atoms with van der Waals surface area (Å²) in [4.78, 5) is 22.0. The van der Waals surface area contributed by atoms with E-state index in [0.29, 0.717) is 29.8 Å². The number of nitrogens with one attached hydrogen (secondary N) is 2. The van der Waals surface area contributed by atoms with Gasteiger partial charge in [0.05, 0.1) is 27.4 Å². The highest BCUT2D eigenvalue weighted by Gasteiger charge is 2.38. The van der Waals surface area contributed by atoms with Crippen molar-refractivity contribution in [2.24, 2.45) is 0 Å². The number of benzene rings is 3. The standard InChI is InChI=1S/C26H28N4O8S3/c1-18(31)27-21-7-12-24(13-8-21)40(35,36)30(41(37,38)25-14-9-22(10-15-25)28-19(2)32)23-11-6-20-5-4-16-29(26(20)17-23)39(3,33)34/h6-15,17H,4-5,16H2,1-3H3,(H,27,31)(H,28,32). The van der Waals surface area contributed by atoms with Crippen LogP contribution in [0.2, 0.25) is 0 Å². The predicted molar refractivity (Wildman–Crippen MR) is 155 cm³/mol. The zero-order chi connectivity index (χ0) is 30.2. The molecule has 0 spiro atoms. The van der Waals surface area contributed by atoms with Gasteiger partial charge in [0.15, 0.2) is 0 Å². The molecule has 0 atom stereocenters. The minimum Gasteiger partial charge on any atom is -0.326 e. The number of rotatable bonds is 8. The summed E-state index contributed by atoms with van der Waals surface area (Å²) in [6.07, 6.45) is 2.09. The molecule has 0 aliphatic carbocycles. The molecule has 1 heterocycles. The topological polar surface area (TPSA) is 167 Å². The highest BCUT2D eigenvalue weighted by Crippen LogP contribution is 2.37. The lowest BCUT2D eigenvalue weighted by molar-refractivity contribution is -0.115. The molecule has 0 fully saturated rings. The normalized spacial score (nSPS) is 13.7. The van der Waals surface area contributed by atoms with Crippen LogP contribution in [0, 0.1) is 0 Å². The van der Waals surface area contributed by atoms with Gasteiger partial charge in [-0.1, -0.05) is 6.07 Å². The fourth-order valence-electron chi connectivity index (χ4n) is 4.41. The minimum atomic E-state index is -4.82. The molecule has 1 aliphatic heterocycles. The number of hydrogen-bond acceptors (Lipinski definition) is 8. The Morgan fingerprint density at radius 1 is 0.732 bits per heavy atom. The van der Waals surface area contributed by atoms with Crippen molar-refractivity contribution in [1.82, 2.24) is 0 Å². The number of hydrogen-bond donors (Lipinski definition) is 2. The summed E-state index contributed by atoms with van der Waals surface area (Å²) < 4.78 is 82.4. The summed E-state index contributed by atoms with van der Waals surface area (Å²) in [5.74, 6) is -0.756. The van der Waals surface area contributed by atoms with E-state index in [2.05, 4.69) is 10.6 Å². The first kappa shape index (κ1) is 30.0. The Morgan fingerprint density at radius 3 is 1.61 bits per heavy atom. The van der Waals surface area contributed by atoms with Crippen LogP contribution in [0.15, 0.2) is 76.5 Å². The second-order valence-electron chi connectivity index (χ2n) is 9.37. The number of nitrogens with zero attached hydrogens (tertiary/aromatic N) is 2. The van der Waals surface area contributed by atoms with Gasteiger partial charge in [-0.05, 0) is 79.1 Å². The lowest BCUT2D eigenvalue weighted by Gasteiger charge is -2.31. The zero-order valence-corrected chi connectivity index (χ0v) is 24.8. The van der Waals surface area contributed by atoms with Crippen molar-refractivity contribution >= 4 is 64.6 Å². The van der Waals surface area contributed by atoms with Crippen LogP contribution in [-0.4, -0.2) is 49.9 Å². The third-order valence-corrected chi connectivity index (χ3v) is 11.5. The van der Waals surface area contributed by atoms with Gasteiger partial charge < -0.3 is 10.6 Å². The molecule has 218 valence electrons. The smallest absolute Gasteiger partial charge is 0.277 e. The van der Waals surface area contributed by atoms with E-state index in [4.69, 9.17) is 0 Å². The van der Waals surface area contributed by atoms with E-state index in [1.54, 1.807) is 0 Å². The zero-order valence-electron chi connectivity index (χ0n) is 22.4. The van der Waals surface area contributed by atoms with Gasteiger partial charge in [-0.2, -0.15) is 3.71 Å². The maximum atomic E-state index is 14.0. The average Bonchev–Trinajstić information content (AvgIpc) is 2.87. The van der Waals surface area contributed by atoms with Crippen LogP contribution >= 0.6 is 0 Å². The van der Waals surface area contributed by atoms with Crippen LogP contribution in [0.3, 0.4) is 0 Å². The molecule has 2 amide bonds. The van der Waals surface area contributed by atoms with Gasteiger partial charge in [-0.3, -0.25) is 13.9 Å². The first-order valence-electron chi connectivity index (χ1n) is 12.3. The Bertz CT molecular complexity index is 1730. The lowest BCUT2D eigenvalue weighted by Crippen LogP contribution is -2.38. The fraction of sp³-hybridized carbons (Fsp3) is 0.231. The van der Waals surface area contributed by atoms with E-state index in [1.807, 2.05) is 0 Å². The van der Waals surface area contributed by atoms with Crippen LogP contribution in [0.5, 0.6) is 0 Å². The molecule has 1 aliphatic rings. The number of carbonyl (C=O) groups excluding carboxylic acids is 2. The molecule has 15 heteroatoms. The maximum Gasteiger partial charge on any atom is 0.277 e. The molecular formula is C26H28N4O8S3. The molecule has 0 saturated carbocycles. The van der Waals surface area contributed by atoms with Crippen molar-refractivity contribution in [3.8, 4) is 0 Å². The van der Waals surface area contributed by atoms with Gasteiger partial charge in [0.1, 0.15) is 0 Å². The van der Waals surface area contributed by atoms with Crippen LogP contribution in [0.1, 0.15) is 25.8 Å². The van der Waals surface area contributed by atoms with Crippen LogP contribution < -0.4 is 18.6 Å². The summed E-state index contributed by atoms with van der Waals surface area (Å²) in [5, 5.41) is 5.03. The number of carbonyl (C=O) groups is 2. The number of fused-ring (bicyclic) bond motifs is 1. The van der Waals surface area contributed by atoms with Crippen molar-refractivity contribution in [2.45, 2.75) is 36.5 Å². The van der Waals surface area contributed by atoms with Gasteiger partial charge in [-0.25, -0.2) is 25.3 Å². The summed E-state index contributed by atoms with van der Waals surface area (Å²) in [6, 6.07) is 14.0. The summed E-state index contributed by atoms with van der Waals surface area (Å²) in [5.41, 5.74) is 1.12. The third kappa shape index (κ3) is 6.36. The van der Waals surface area contributed by atoms with Crippen molar-refractivity contribution in [3.05, 3.63) is 72.3 Å². The SMILES string of the molecule is CC(=O)Nc1ccc(S(=O)(=O)N(c2ccc3c(c2)N(S(C)(=O)=O)CCC3)S(=O)(=O)c2ccc(NC(C)=O)cc2)cc1. The number of amides is 2. The molecule has 41 heavy (non-hydrogen) atoms. The highest BCUT2D eigenvalue weighted by atomic mass is 32.3. The van der Waals surface area contributed by atoms with Gasteiger partial charge in [-0.15, -0.1) is 0 Å². The first-order chi connectivity index (χ1) is 19.1. The molecule has 2 N–H and O–H groups in total. The number of anilines is 4. The molecule has 0 aromatic heterocycles. The Labute approximate surface area is 239 Å².